The van der Waals surface area contributed by atoms with Gasteiger partial charge in [0, 0.05) is 36.3 Å². The zero-order valence-corrected chi connectivity index (χ0v) is 21.0. The van der Waals surface area contributed by atoms with E-state index in [0.29, 0.717) is 0 Å². The molecule has 1 nitrogen and oxygen atoms in total. The molecule has 0 amide bonds. The van der Waals surface area contributed by atoms with Gasteiger partial charge in [-0.05, 0) is 31.0 Å². The van der Waals surface area contributed by atoms with E-state index in [4.69, 9.17) is 4.99 Å². The van der Waals surface area contributed by atoms with E-state index < -0.39 is 21.8 Å². The number of hydrogen-bond acceptors (Lipinski definition) is 1. The lowest BCUT2D eigenvalue weighted by Crippen LogP contribution is -2.78. The van der Waals surface area contributed by atoms with E-state index in [1.165, 1.54) is 22.9 Å². The fraction of sp³-hybridized carbons (Fsp3) is 0.611. The summed E-state index contributed by atoms with van der Waals surface area (Å²) in [6, 6.07) is 7.80. The van der Waals surface area contributed by atoms with Crippen molar-refractivity contribution in [3.63, 3.8) is 0 Å². The molecule has 1 radical (unpaired) electrons. The molecule has 0 unspecified atom stereocenters. The Bertz CT molecular complexity index is 531. The number of rotatable bonds is 6. The summed E-state index contributed by atoms with van der Waals surface area (Å²) in [5.74, 6) is 0. The largest absolute Gasteiger partial charge is 0.261 e. The van der Waals surface area contributed by atoms with Crippen molar-refractivity contribution in [1.82, 2.24) is 0 Å². The molecule has 0 atom stereocenters. The second-order valence-corrected chi connectivity index (χ2v) is 46.6. The van der Waals surface area contributed by atoms with Crippen molar-refractivity contribution in [2.45, 2.75) is 72.3 Å². The van der Waals surface area contributed by atoms with E-state index in [-0.39, 0.29) is 8.31 Å². The highest BCUT2D eigenvalue weighted by Crippen LogP contribution is 2.35. The number of aliphatic imine (C=N–C) groups is 1. The van der Waals surface area contributed by atoms with Crippen LogP contribution in [0.25, 0.3) is 0 Å². The summed E-state index contributed by atoms with van der Waals surface area (Å²) in [4.78, 5) is 4.97. The summed E-state index contributed by atoms with van der Waals surface area (Å²) in [5.41, 5.74) is 3.80. The lowest BCUT2D eigenvalue weighted by Gasteiger charge is -2.52. The van der Waals surface area contributed by atoms with Gasteiger partial charge in [-0.1, -0.05) is 70.6 Å². The third-order valence-corrected chi connectivity index (χ3v) is 71.4. The van der Waals surface area contributed by atoms with E-state index in [1.807, 2.05) is 0 Å². The van der Waals surface area contributed by atoms with Gasteiger partial charge >= 0.3 is 0 Å². The Kier molecular flexibility index (Phi) is 6.63. The van der Waals surface area contributed by atoms with Crippen LogP contribution in [-0.4, -0.2) is 36.3 Å². The minimum absolute atomic E-state index is 0.250. The normalized spacial score (nSPS) is 14.0. The van der Waals surface area contributed by atoms with Crippen LogP contribution < -0.4 is 0 Å². The number of hydrogen-bond donors (Lipinski definition) is 0. The van der Waals surface area contributed by atoms with Gasteiger partial charge < -0.3 is 0 Å². The molecule has 0 heterocycles. The van der Waals surface area contributed by atoms with Crippen LogP contribution in [0, 0.1) is 13.8 Å². The molecule has 0 saturated heterocycles. The minimum atomic E-state index is -1.23. The molecule has 0 spiro atoms. The molecule has 0 aliphatic rings. The number of benzene rings is 1. The highest BCUT2D eigenvalue weighted by Gasteiger charge is 2.55. The molecule has 1 aromatic carbocycles. The second kappa shape index (κ2) is 7.33. The van der Waals surface area contributed by atoms with Gasteiger partial charge in [0.25, 0.3) is 0 Å². The topological polar surface area (TPSA) is 12.4 Å². The Balaban J connectivity index is 3.26. The average Bonchev–Trinajstić information content (AvgIpc) is 2.33. The van der Waals surface area contributed by atoms with Crippen LogP contribution in [-0.2, 0) is 0 Å². The van der Waals surface area contributed by atoms with E-state index >= 15 is 0 Å². The van der Waals surface area contributed by atoms with Crippen molar-refractivity contribution < 1.29 is 0 Å². The maximum Gasteiger partial charge on any atom is 0.0683 e. The quantitative estimate of drug-likeness (QED) is 0.417. The first-order chi connectivity index (χ1) is 10.3. The van der Waals surface area contributed by atoms with Crippen LogP contribution in [0.15, 0.2) is 23.2 Å². The smallest absolute Gasteiger partial charge is 0.0683 e. The lowest BCUT2D eigenvalue weighted by atomic mass is 10.1. The first kappa shape index (κ1) is 20.8. The maximum absolute atomic E-state index is 4.97. The molecule has 0 aliphatic carbocycles. The van der Waals surface area contributed by atoms with Gasteiger partial charge in [0.05, 0.1) is 5.69 Å². The standard InChI is InChI=1S/C18H36NSi4/c1-16-12-11-13-17(2)18(16)19-14-15-23(20(3)4,21(5,6)7)22(8,9)10/h11-14H,15H2,1-10H3. The molecule has 23 heavy (non-hydrogen) atoms. The Hall–Kier alpha value is -0.242. The summed E-state index contributed by atoms with van der Waals surface area (Å²) in [5, 5.41) is 0. The van der Waals surface area contributed by atoms with Crippen molar-refractivity contribution in [3.05, 3.63) is 29.3 Å². The molecule has 1 aromatic rings. The van der Waals surface area contributed by atoms with Crippen molar-refractivity contribution in [2.75, 3.05) is 0 Å². The Morgan fingerprint density at radius 3 is 1.70 bits per heavy atom. The number of aryl methyl sites for hydroxylation is 2. The molecule has 0 N–H and O–H groups in total. The van der Waals surface area contributed by atoms with Gasteiger partial charge in [0.15, 0.2) is 0 Å². The zero-order chi connectivity index (χ0) is 18.1. The van der Waals surface area contributed by atoms with Gasteiger partial charge in [-0.25, -0.2) is 0 Å². The molecule has 0 fully saturated rings. The van der Waals surface area contributed by atoms with Crippen LogP contribution in [0.4, 0.5) is 5.69 Å². The second-order valence-electron chi connectivity index (χ2n) is 9.16. The van der Waals surface area contributed by atoms with Gasteiger partial charge in [0.2, 0.25) is 0 Å². The third kappa shape index (κ3) is 4.24. The summed E-state index contributed by atoms with van der Waals surface area (Å²) in [6.07, 6.45) is 2.33. The average molecular weight is 379 g/mol. The van der Waals surface area contributed by atoms with Gasteiger partial charge in [-0.2, -0.15) is 0 Å². The molecule has 0 aliphatic heterocycles. The SMILES string of the molecule is Cc1cccc(C)c1N=CC[Si]([Si](C)C)([Si](C)(C)C)[Si](C)(C)C. The number of nitrogens with zero attached hydrogens (tertiary/aromatic N) is 1. The van der Waals surface area contributed by atoms with Crippen molar-refractivity contribution in [3.8, 4) is 0 Å². The highest BCUT2D eigenvalue weighted by atomic mass is 29.9. The molecular weight excluding hydrogens is 343 g/mol. The summed E-state index contributed by atoms with van der Waals surface area (Å²) in [6.45, 7) is 24.2. The van der Waals surface area contributed by atoms with E-state index in [9.17, 15) is 0 Å². The Labute approximate surface area is 148 Å². The first-order valence-electron chi connectivity index (χ1n) is 8.74. The minimum Gasteiger partial charge on any atom is -0.261 e. The highest BCUT2D eigenvalue weighted by molar-refractivity contribution is 7.86. The van der Waals surface area contributed by atoms with E-state index in [1.54, 1.807) is 0 Å². The summed E-state index contributed by atoms with van der Waals surface area (Å²) < 4.78 is 0. The number of para-hydroxylation sites is 1. The third-order valence-electron chi connectivity index (χ3n) is 5.47. The molecule has 0 aromatic heterocycles. The first-order valence-corrected chi connectivity index (χ1v) is 23.4. The molecule has 129 valence electrons. The van der Waals surface area contributed by atoms with E-state index in [2.05, 4.69) is 90.6 Å². The molecular formula is C18H36NSi4. The Morgan fingerprint density at radius 2 is 1.35 bits per heavy atom. The molecule has 0 bridgehead atoms. The van der Waals surface area contributed by atoms with Crippen LogP contribution in [0.5, 0.6) is 0 Å². The van der Waals surface area contributed by atoms with Crippen molar-refractivity contribution >= 4 is 42.0 Å². The van der Waals surface area contributed by atoms with Gasteiger partial charge in [-0.3, -0.25) is 4.99 Å². The Morgan fingerprint density at radius 1 is 0.913 bits per heavy atom. The lowest BCUT2D eigenvalue weighted by molar-refractivity contribution is 1.33. The van der Waals surface area contributed by atoms with Gasteiger partial charge in [-0.15, -0.1) is 0 Å². The molecule has 0 saturated carbocycles. The summed E-state index contributed by atoms with van der Waals surface area (Å²) in [7, 11) is -2.54. The fourth-order valence-electron chi connectivity index (χ4n) is 4.72. The predicted molar refractivity (Wildman–Crippen MR) is 119 cm³/mol. The fourth-order valence-corrected chi connectivity index (χ4v) is 80.7. The zero-order valence-electron chi connectivity index (χ0n) is 17.0. The van der Waals surface area contributed by atoms with Crippen molar-refractivity contribution in [1.29, 1.82) is 0 Å². The maximum atomic E-state index is 4.97. The van der Waals surface area contributed by atoms with E-state index in [0.717, 1.165) is 0 Å². The van der Waals surface area contributed by atoms with Crippen LogP contribution in [0.2, 0.25) is 58.4 Å². The van der Waals surface area contributed by atoms with Crippen LogP contribution in [0.3, 0.4) is 0 Å². The predicted octanol–water partition coefficient (Wildman–Crippen LogP) is 6.12. The summed E-state index contributed by atoms with van der Waals surface area (Å²) >= 11 is 0. The monoisotopic (exact) mass is 378 g/mol. The van der Waals surface area contributed by atoms with Crippen molar-refractivity contribution in [2.24, 2.45) is 4.99 Å². The molecule has 5 heteroatoms. The van der Waals surface area contributed by atoms with Crippen LogP contribution in [0.1, 0.15) is 11.1 Å². The molecule has 1 rings (SSSR count). The van der Waals surface area contributed by atoms with Crippen LogP contribution >= 0.6 is 0 Å². The van der Waals surface area contributed by atoms with Gasteiger partial charge in [0.1, 0.15) is 0 Å².